The molecule has 7 nitrogen and oxygen atoms in total. The molecule has 2 aromatic carbocycles. The van der Waals surface area contributed by atoms with E-state index in [-0.39, 0.29) is 11.3 Å². The predicted octanol–water partition coefficient (Wildman–Crippen LogP) is 4.34. The summed E-state index contributed by atoms with van der Waals surface area (Å²) in [6.07, 6.45) is 7.10. The Morgan fingerprint density at radius 1 is 0.949 bits per heavy atom. The number of aromatic nitrogens is 2. The van der Waals surface area contributed by atoms with Gasteiger partial charge in [0.25, 0.3) is 0 Å². The zero-order chi connectivity index (χ0) is 26.8. The average molecular weight is 526 g/mol. The molecular formula is C32H39N5O2. The molecule has 3 aliphatic heterocycles. The van der Waals surface area contributed by atoms with Crippen molar-refractivity contribution in [3.05, 3.63) is 84.2 Å². The molecule has 0 bridgehead atoms. The molecule has 3 saturated heterocycles. The van der Waals surface area contributed by atoms with Crippen LogP contribution in [0, 0.1) is 11.3 Å². The molecule has 1 spiro atoms. The van der Waals surface area contributed by atoms with Crippen LogP contribution in [-0.4, -0.2) is 75.6 Å². The molecule has 1 aromatic heterocycles. The summed E-state index contributed by atoms with van der Waals surface area (Å²) >= 11 is 0. The standard InChI is InChI=1S/C32H39N5O2/c1-2-30(38)36-23-27(29(24-36)26-7-4-3-5-8-26)22-34-18-13-32(14-19-34)15-20-35(31(32)39)21-25-9-11-28(12-10-25)37-17-6-16-33-37/h3-12,16-17,27,29H,2,13-15,18-24H2,1H3/t27-,29?/m0/s1. The topological polar surface area (TPSA) is 61.7 Å². The van der Waals surface area contributed by atoms with Gasteiger partial charge in [-0.05, 0) is 67.6 Å². The van der Waals surface area contributed by atoms with Crippen LogP contribution in [-0.2, 0) is 16.1 Å². The van der Waals surface area contributed by atoms with Crippen molar-refractivity contribution >= 4 is 11.8 Å². The molecule has 3 aromatic rings. The van der Waals surface area contributed by atoms with Crippen molar-refractivity contribution in [3.8, 4) is 5.69 Å². The zero-order valence-electron chi connectivity index (χ0n) is 22.9. The molecule has 0 aliphatic carbocycles. The third-order valence-corrected chi connectivity index (χ3v) is 9.31. The van der Waals surface area contributed by atoms with Gasteiger partial charge in [0.15, 0.2) is 0 Å². The van der Waals surface area contributed by atoms with Gasteiger partial charge in [0.1, 0.15) is 0 Å². The predicted molar refractivity (Wildman–Crippen MR) is 151 cm³/mol. The quantitative estimate of drug-likeness (QED) is 0.461. The van der Waals surface area contributed by atoms with E-state index < -0.39 is 0 Å². The number of amides is 2. The first kappa shape index (κ1) is 25.8. The number of nitrogens with zero attached hydrogens (tertiary/aromatic N) is 5. The zero-order valence-corrected chi connectivity index (χ0v) is 22.9. The van der Waals surface area contributed by atoms with E-state index in [9.17, 15) is 9.59 Å². The normalized spacial score (nSPS) is 23.2. The van der Waals surface area contributed by atoms with Crippen molar-refractivity contribution in [2.24, 2.45) is 11.3 Å². The van der Waals surface area contributed by atoms with E-state index in [1.807, 2.05) is 23.9 Å². The second-order valence-corrected chi connectivity index (χ2v) is 11.6. The lowest BCUT2D eigenvalue weighted by molar-refractivity contribution is -0.139. The SMILES string of the molecule is CCC(=O)N1CC(c2ccccc2)[C@@H](CN2CCC3(CC2)CCN(Cc2ccc(-n4cccn4)cc2)C3=O)C1. The number of rotatable bonds is 7. The van der Waals surface area contributed by atoms with Gasteiger partial charge in [-0.25, -0.2) is 4.68 Å². The van der Waals surface area contributed by atoms with E-state index in [0.717, 1.165) is 69.8 Å². The van der Waals surface area contributed by atoms with Crippen molar-refractivity contribution in [3.63, 3.8) is 0 Å². The molecule has 3 fully saturated rings. The summed E-state index contributed by atoms with van der Waals surface area (Å²) in [5, 5.41) is 4.29. The monoisotopic (exact) mass is 525 g/mol. The summed E-state index contributed by atoms with van der Waals surface area (Å²) in [5.41, 5.74) is 3.32. The van der Waals surface area contributed by atoms with Crippen LogP contribution in [0.3, 0.4) is 0 Å². The van der Waals surface area contributed by atoms with Crippen LogP contribution < -0.4 is 0 Å². The van der Waals surface area contributed by atoms with Crippen LogP contribution in [0.1, 0.15) is 49.7 Å². The van der Waals surface area contributed by atoms with Gasteiger partial charge in [0.05, 0.1) is 11.1 Å². The van der Waals surface area contributed by atoms with Crippen LogP contribution in [0.25, 0.3) is 5.69 Å². The number of hydrogen-bond acceptors (Lipinski definition) is 4. The van der Waals surface area contributed by atoms with E-state index in [2.05, 4.69) is 74.4 Å². The maximum absolute atomic E-state index is 13.6. The summed E-state index contributed by atoms with van der Waals surface area (Å²) in [5.74, 6) is 1.39. The second kappa shape index (κ2) is 11.0. The number of hydrogen-bond donors (Lipinski definition) is 0. The molecule has 1 unspecified atom stereocenters. The summed E-state index contributed by atoms with van der Waals surface area (Å²) in [7, 11) is 0. The highest BCUT2D eigenvalue weighted by Gasteiger charge is 2.48. The van der Waals surface area contributed by atoms with E-state index >= 15 is 0 Å². The third kappa shape index (κ3) is 5.24. The highest BCUT2D eigenvalue weighted by molar-refractivity contribution is 5.85. The van der Waals surface area contributed by atoms with Gasteiger partial charge in [-0.1, -0.05) is 49.4 Å². The Hall–Kier alpha value is -3.45. The Labute approximate surface area is 231 Å². The first-order valence-corrected chi connectivity index (χ1v) is 14.5. The number of likely N-dealkylation sites (tertiary alicyclic amines) is 3. The van der Waals surface area contributed by atoms with Gasteiger partial charge in [-0.15, -0.1) is 0 Å². The Morgan fingerprint density at radius 2 is 1.69 bits per heavy atom. The maximum Gasteiger partial charge on any atom is 0.229 e. The molecule has 2 atom stereocenters. The molecule has 6 rings (SSSR count). The van der Waals surface area contributed by atoms with Crippen molar-refractivity contribution in [1.29, 1.82) is 0 Å². The van der Waals surface area contributed by atoms with Gasteiger partial charge in [-0.3, -0.25) is 9.59 Å². The number of benzene rings is 2. The van der Waals surface area contributed by atoms with Crippen LogP contribution in [0.2, 0.25) is 0 Å². The third-order valence-electron chi connectivity index (χ3n) is 9.31. The van der Waals surface area contributed by atoms with E-state index in [0.29, 0.717) is 30.7 Å². The van der Waals surface area contributed by atoms with Gasteiger partial charge in [-0.2, -0.15) is 5.10 Å². The summed E-state index contributed by atoms with van der Waals surface area (Å²) < 4.78 is 1.85. The molecule has 0 radical (unpaired) electrons. The van der Waals surface area contributed by atoms with Crippen molar-refractivity contribution in [2.75, 3.05) is 39.3 Å². The fourth-order valence-corrected chi connectivity index (χ4v) is 6.96. The van der Waals surface area contributed by atoms with Crippen LogP contribution in [0.4, 0.5) is 0 Å². The van der Waals surface area contributed by atoms with Crippen molar-refractivity contribution in [1.82, 2.24) is 24.5 Å². The highest BCUT2D eigenvalue weighted by Crippen LogP contribution is 2.43. The van der Waals surface area contributed by atoms with Crippen LogP contribution >= 0.6 is 0 Å². The lowest BCUT2D eigenvalue weighted by Gasteiger charge is -2.39. The number of carbonyl (C=O) groups excluding carboxylic acids is 2. The van der Waals surface area contributed by atoms with Crippen molar-refractivity contribution in [2.45, 2.75) is 45.1 Å². The summed E-state index contributed by atoms with van der Waals surface area (Å²) in [4.78, 5) is 32.8. The van der Waals surface area contributed by atoms with Gasteiger partial charge < -0.3 is 14.7 Å². The lowest BCUT2D eigenvalue weighted by Crippen LogP contribution is -2.46. The highest BCUT2D eigenvalue weighted by atomic mass is 16.2. The van der Waals surface area contributed by atoms with Gasteiger partial charge in [0, 0.05) is 57.5 Å². The number of piperidine rings is 1. The fraction of sp³-hybridized carbons (Fsp3) is 0.469. The van der Waals surface area contributed by atoms with E-state index in [1.54, 1.807) is 6.20 Å². The Bertz CT molecular complexity index is 1270. The van der Waals surface area contributed by atoms with Gasteiger partial charge >= 0.3 is 0 Å². The molecule has 39 heavy (non-hydrogen) atoms. The fourth-order valence-electron chi connectivity index (χ4n) is 6.96. The maximum atomic E-state index is 13.6. The summed E-state index contributed by atoms with van der Waals surface area (Å²) in [6, 6.07) is 20.9. The van der Waals surface area contributed by atoms with Crippen LogP contribution in [0.5, 0.6) is 0 Å². The molecule has 204 valence electrons. The first-order valence-electron chi connectivity index (χ1n) is 14.5. The number of carbonyl (C=O) groups is 2. The minimum absolute atomic E-state index is 0.204. The minimum atomic E-state index is -0.204. The summed E-state index contributed by atoms with van der Waals surface area (Å²) in [6.45, 7) is 8.02. The second-order valence-electron chi connectivity index (χ2n) is 11.6. The smallest absolute Gasteiger partial charge is 0.229 e. The van der Waals surface area contributed by atoms with E-state index in [4.69, 9.17) is 0 Å². The Kier molecular flexibility index (Phi) is 7.26. The largest absolute Gasteiger partial charge is 0.342 e. The van der Waals surface area contributed by atoms with Crippen LogP contribution in [0.15, 0.2) is 73.1 Å². The molecule has 3 aliphatic rings. The molecule has 2 amide bonds. The lowest BCUT2D eigenvalue weighted by atomic mass is 9.76. The minimum Gasteiger partial charge on any atom is -0.342 e. The van der Waals surface area contributed by atoms with E-state index in [1.165, 1.54) is 5.56 Å². The Balaban J connectivity index is 1.06. The van der Waals surface area contributed by atoms with Crippen molar-refractivity contribution < 1.29 is 9.59 Å². The van der Waals surface area contributed by atoms with Gasteiger partial charge in [0.2, 0.25) is 11.8 Å². The Morgan fingerprint density at radius 3 is 2.38 bits per heavy atom. The molecule has 7 heteroatoms. The molecule has 4 heterocycles. The first-order chi connectivity index (χ1) is 19.0. The molecule has 0 N–H and O–H groups in total. The average Bonchev–Trinajstić information content (AvgIpc) is 3.73. The molecule has 0 saturated carbocycles. The molecular weight excluding hydrogens is 486 g/mol.